The van der Waals surface area contributed by atoms with E-state index < -0.39 is 6.61 Å². The number of urea groups is 1. The molecule has 0 bridgehead atoms. The number of ether oxygens (including phenoxy) is 1. The lowest BCUT2D eigenvalue weighted by Gasteiger charge is -2.40. The molecule has 3 rings (SSSR count). The maximum atomic E-state index is 12.8. The molecular formula is C20H23F2N3O2. The Bertz CT molecular complexity index is 758. The summed E-state index contributed by atoms with van der Waals surface area (Å²) < 4.78 is 29.6. The predicted octanol–water partition coefficient (Wildman–Crippen LogP) is 3.49. The van der Waals surface area contributed by atoms with E-state index in [-0.39, 0.29) is 24.4 Å². The first-order chi connectivity index (χ1) is 13.0. The highest BCUT2D eigenvalue weighted by atomic mass is 19.3. The van der Waals surface area contributed by atoms with Gasteiger partial charge in [-0.2, -0.15) is 8.78 Å². The Morgan fingerprint density at radius 3 is 2.59 bits per heavy atom. The minimum Gasteiger partial charge on any atom is -0.434 e. The van der Waals surface area contributed by atoms with Crippen LogP contribution in [0.1, 0.15) is 17.2 Å². The number of hydrogen-bond acceptors (Lipinski definition) is 3. The zero-order chi connectivity index (χ0) is 19.2. The van der Waals surface area contributed by atoms with Gasteiger partial charge in [0.25, 0.3) is 0 Å². The molecule has 1 aliphatic heterocycles. The molecule has 1 aliphatic rings. The van der Waals surface area contributed by atoms with E-state index in [9.17, 15) is 13.6 Å². The summed E-state index contributed by atoms with van der Waals surface area (Å²) in [5, 5.41) is 2.84. The molecule has 1 atom stereocenters. The molecule has 5 nitrogen and oxygen atoms in total. The predicted molar refractivity (Wildman–Crippen MR) is 98.7 cm³/mol. The maximum Gasteiger partial charge on any atom is 0.387 e. The number of benzene rings is 2. The molecule has 1 heterocycles. The first-order valence-electron chi connectivity index (χ1n) is 8.85. The van der Waals surface area contributed by atoms with Crippen molar-refractivity contribution in [3.8, 4) is 5.75 Å². The van der Waals surface area contributed by atoms with Gasteiger partial charge in [-0.1, -0.05) is 48.5 Å². The highest BCUT2D eigenvalue weighted by Crippen LogP contribution is 2.25. The Morgan fingerprint density at radius 2 is 1.85 bits per heavy atom. The third-order valence-electron chi connectivity index (χ3n) is 4.65. The summed E-state index contributed by atoms with van der Waals surface area (Å²) in [6.07, 6.45) is 0. The first-order valence-corrected chi connectivity index (χ1v) is 8.85. The van der Waals surface area contributed by atoms with Gasteiger partial charge in [0.05, 0.1) is 6.04 Å². The SMILES string of the molecule is CN1CCN(C(=O)NCc2ccccc2OC(F)F)C(c2ccccc2)C1. The Labute approximate surface area is 157 Å². The lowest BCUT2D eigenvalue weighted by Crippen LogP contribution is -2.52. The molecule has 2 aromatic rings. The number of carbonyl (C=O) groups excluding carboxylic acids is 1. The molecule has 0 spiro atoms. The van der Waals surface area contributed by atoms with E-state index in [0.717, 1.165) is 18.7 Å². The topological polar surface area (TPSA) is 44.8 Å². The van der Waals surface area contributed by atoms with Crippen molar-refractivity contribution < 1.29 is 18.3 Å². The lowest BCUT2D eigenvalue weighted by molar-refractivity contribution is -0.0504. The van der Waals surface area contributed by atoms with Gasteiger partial charge in [-0.15, -0.1) is 0 Å². The summed E-state index contributed by atoms with van der Waals surface area (Å²) in [7, 11) is 2.03. The van der Waals surface area contributed by atoms with Crippen molar-refractivity contribution in [2.75, 3.05) is 26.7 Å². The van der Waals surface area contributed by atoms with E-state index >= 15 is 0 Å². The number of likely N-dealkylation sites (N-methyl/N-ethyl adjacent to an activating group) is 1. The van der Waals surface area contributed by atoms with Crippen LogP contribution in [-0.4, -0.2) is 49.1 Å². The normalized spacial score (nSPS) is 17.8. The zero-order valence-electron chi connectivity index (χ0n) is 15.1. The van der Waals surface area contributed by atoms with Gasteiger partial charge in [0.1, 0.15) is 5.75 Å². The Morgan fingerprint density at radius 1 is 1.15 bits per heavy atom. The van der Waals surface area contributed by atoms with Gasteiger partial charge in [0.2, 0.25) is 0 Å². The third kappa shape index (κ3) is 4.95. The number of carbonyl (C=O) groups is 1. The number of alkyl halides is 2. The van der Waals surface area contributed by atoms with Crippen LogP contribution < -0.4 is 10.1 Å². The molecule has 2 amide bonds. The van der Waals surface area contributed by atoms with E-state index in [2.05, 4.69) is 15.0 Å². The van der Waals surface area contributed by atoms with E-state index in [1.54, 1.807) is 23.1 Å². The number of piperazine rings is 1. The molecule has 0 saturated carbocycles. The van der Waals surface area contributed by atoms with Gasteiger partial charge >= 0.3 is 12.6 Å². The summed E-state index contributed by atoms with van der Waals surface area (Å²) in [4.78, 5) is 16.8. The van der Waals surface area contributed by atoms with Crippen LogP contribution in [0.2, 0.25) is 0 Å². The smallest absolute Gasteiger partial charge is 0.387 e. The zero-order valence-corrected chi connectivity index (χ0v) is 15.1. The van der Waals surface area contributed by atoms with E-state index in [4.69, 9.17) is 0 Å². The van der Waals surface area contributed by atoms with Gasteiger partial charge < -0.3 is 19.9 Å². The molecule has 0 radical (unpaired) electrons. The van der Waals surface area contributed by atoms with E-state index in [0.29, 0.717) is 12.1 Å². The molecule has 1 unspecified atom stereocenters. The second kappa shape index (κ2) is 8.81. The minimum atomic E-state index is -2.90. The largest absolute Gasteiger partial charge is 0.434 e. The molecule has 7 heteroatoms. The first kappa shape index (κ1) is 19.1. The lowest BCUT2D eigenvalue weighted by atomic mass is 10.0. The number of hydrogen-bond donors (Lipinski definition) is 1. The van der Waals surface area contributed by atoms with Crippen molar-refractivity contribution in [2.24, 2.45) is 0 Å². The third-order valence-corrected chi connectivity index (χ3v) is 4.65. The van der Waals surface area contributed by atoms with Crippen LogP contribution in [0.5, 0.6) is 5.75 Å². The minimum absolute atomic E-state index is 0.0579. The molecule has 0 aromatic heterocycles. The molecule has 144 valence electrons. The number of halogens is 2. The summed E-state index contributed by atoms with van der Waals surface area (Å²) in [5.74, 6) is 0.0748. The average Bonchev–Trinajstić information content (AvgIpc) is 2.67. The molecular weight excluding hydrogens is 352 g/mol. The maximum absolute atomic E-state index is 12.8. The van der Waals surface area contributed by atoms with Crippen LogP contribution in [0.4, 0.5) is 13.6 Å². The average molecular weight is 375 g/mol. The van der Waals surface area contributed by atoms with Crippen molar-refractivity contribution in [3.05, 3.63) is 65.7 Å². The number of para-hydroxylation sites is 1. The molecule has 1 fully saturated rings. The standard InChI is InChI=1S/C20H23F2N3O2/c1-24-11-12-25(17(14-24)15-7-3-2-4-8-15)20(26)23-13-16-9-5-6-10-18(16)27-19(21)22/h2-10,17,19H,11-14H2,1H3,(H,23,26). The fourth-order valence-electron chi connectivity index (χ4n) is 3.26. The molecule has 1 saturated heterocycles. The van der Waals surface area contributed by atoms with Crippen LogP contribution in [0.15, 0.2) is 54.6 Å². The quantitative estimate of drug-likeness (QED) is 0.870. The highest BCUT2D eigenvalue weighted by molar-refractivity contribution is 5.75. The van der Waals surface area contributed by atoms with Crippen LogP contribution >= 0.6 is 0 Å². The number of amides is 2. The van der Waals surface area contributed by atoms with Crippen LogP contribution in [0, 0.1) is 0 Å². The summed E-state index contributed by atoms with van der Waals surface area (Å²) in [6, 6.07) is 16.1. The van der Waals surface area contributed by atoms with Crippen LogP contribution in [0.3, 0.4) is 0 Å². The van der Waals surface area contributed by atoms with Gasteiger partial charge in [-0.3, -0.25) is 0 Å². The number of nitrogens with one attached hydrogen (secondary N) is 1. The molecule has 2 aromatic carbocycles. The van der Waals surface area contributed by atoms with Crippen molar-refractivity contribution >= 4 is 6.03 Å². The van der Waals surface area contributed by atoms with Crippen LogP contribution in [0.25, 0.3) is 0 Å². The second-order valence-corrected chi connectivity index (χ2v) is 6.53. The number of rotatable bonds is 5. The van der Waals surface area contributed by atoms with Gasteiger partial charge in [-0.25, -0.2) is 4.79 Å². The Kier molecular flexibility index (Phi) is 6.24. The Hall–Kier alpha value is -2.67. The van der Waals surface area contributed by atoms with E-state index in [1.807, 2.05) is 37.4 Å². The summed E-state index contributed by atoms with van der Waals surface area (Å²) in [5.41, 5.74) is 1.58. The second-order valence-electron chi connectivity index (χ2n) is 6.53. The number of nitrogens with zero attached hydrogens (tertiary/aromatic N) is 2. The van der Waals surface area contributed by atoms with Gasteiger partial charge in [-0.05, 0) is 18.7 Å². The highest BCUT2D eigenvalue weighted by Gasteiger charge is 2.30. The molecule has 27 heavy (non-hydrogen) atoms. The molecule has 1 N–H and O–H groups in total. The molecule has 0 aliphatic carbocycles. The van der Waals surface area contributed by atoms with Gasteiger partial charge in [0, 0.05) is 31.7 Å². The fourth-order valence-corrected chi connectivity index (χ4v) is 3.26. The van der Waals surface area contributed by atoms with Crippen molar-refractivity contribution in [1.29, 1.82) is 0 Å². The van der Waals surface area contributed by atoms with Crippen molar-refractivity contribution in [2.45, 2.75) is 19.2 Å². The van der Waals surface area contributed by atoms with Gasteiger partial charge in [0.15, 0.2) is 0 Å². The monoisotopic (exact) mass is 375 g/mol. The fraction of sp³-hybridized carbons (Fsp3) is 0.350. The summed E-state index contributed by atoms with van der Waals surface area (Å²) in [6.45, 7) is -0.668. The summed E-state index contributed by atoms with van der Waals surface area (Å²) >= 11 is 0. The van der Waals surface area contributed by atoms with E-state index in [1.165, 1.54) is 6.07 Å². The Balaban J connectivity index is 1.69. The van der Waals surface area contributed by atoms with Crippen molar-refractivity contribution in [3.63, 3.8) is 0 Å². The van der Waals surface area contributed by atoms with Crippen LogP contribution in [-0.2, 0) is 6.54 Å². The van der Waals surface area contributed by atoms with Crippen molar-refractivity contribution in [1.82, 2.24) is 15.1 Å².